The van der Waals surface area contributed by atoms with Crippen LogP contribution in [0.4, 0.5) is 4.39 Å². The number of rotatable bonds is 1. The van der Waals surface area contributed by atoms with Crippen molar-refractivity contribution >= 4 is 16.8 Å². The van der Waals surface area contributed by atoms with Crippen LogP contribution in [0.5, 0.6) is 0 Å². The normalized spacial score (nSPS) is 12.0. The highest BCUT2D eigenvalue weighted by Crippen LogP contribution is 1.82. The van der Waals surface area contributed by atoms with Crippen LogP contribution in [0.1, 0.15) is 0 Å². The van der Waals surface area contributed by atoms with Crippen LogP contribution in [-0.2, 0) is 0 Å². The fraction of sp³-hybridized carbons (Fsp3) is 0.500. The second-order valence-corrected chi connectivity index (χ2v) is 1.05. The number of oxime groups is 1. The Morgan fingerprint density at radius 1 is 2.00 bits per heavy atom. The molecule has 0 unspecified atom stereocenters. The summed E-state index contributed by atoms with van der Waals surface area (Å²) in [5.74, 6) is 0. The van der Waals surface area contributed by atoms with E-state index >= 15 is 0 Å². The first kappa shape index (κ1) is 5.69. The number of halogens is 2. The molecule has 0 aliphatic heterocycles. The lowest BCUT2D eigenvalue weighted by Gasteiger charge is -1.75. The van der Waals surface area contributed by atoms with Gasteiger partial charge in [-0.15, -0.1) is 0 Å². The van der Waals surface area contributed by atoms with Gasteiger partial charge in [0.2, 0.25) is 0 Å². The Hall–Kier alpha value is -0.310. The summed E-state index contributed by atoms with van der Waals surface area (Å²) in [5.41, 5.74) is 0. The summed E-state index contributed by atoms with van der Waals surface area (Å²) in [6, 6.07) is 0. The molecule has 0 atom stereocenters. The van der Waals surface area contributed by atoms with Crippen molar-refractivity contribution in [3.05, 3.63) is 0 Å². The minimum Gasteiger partial charge on any atom is -0.410 e. The van der Waals surface area contributed by atoms with Gasteiger partial charge in [0, 0.05) is 0 Å². The van der Waals surface area contributed by atoms with Gasteiger partial charge >= 0.3 is 0 Å². The predicted octanol–water partition coefficient (Wildman–Crippen LogP) is 0.982. The molecule has 0 bridgehead atoms. The summed E-state index contributed by atoms with van der Waals surface area (Å²) in [4.78, 5) is 0. The smallest absolute Gasteiger partial charge is 0.176 e. The van der Waals surface area contributed by atoms with Crippen molar-refractivity contribution in [2.24, 2.45) is 5.16 Å². The van der Waals surface area contributed by atoms with Crippen LogP contribution in [0.3, 0.4) is 0 Å². The number of alkyl halides is 1. The maximum Gasteiger partial charge on any atom is 0.176 e. The lowest BCUT2D eigenvalue weighted by atomic mass is 10.8. The monoisotopic (exact) mass is 111 g/mol. The zero-order valence-corrected chi connectivity index (χ0v) is 3.61. The Kier molecular flexibility index (Phi) is 2.75. The van der Waals surface area contributed by atoms with E-state index in [0.717, 1.165) is 0 Å². The fourth-order valence-corrected chi connectivity index (χ4v) is 0.0267. The Balaban J connectivity index is 3.22. The van der Waals surface area contributed by atoms with Crippen LogP contribution >= 0.6 is 11.6 Å². The van der Waals surface area contributed by atoms with E-state index in [-0.39, 0.29) is 0 Å². The molecule has 0 aliphatic rings. The maximum atomic E-state index is 11.0. The molecule has 0 spiro atoms. The third-order valence-corrected chi connectivity index (χ3v) is 0.395. The van der Waals surface area contributed by atoms with Crippen molar-refractivity contribution in [1.29, 1.82) is 0 Å². The Morgan fingerprint density at radius 2 is 2.50 bits per heavy atom. The first-order valence-electron chi connectivity index (χ1n) is 1.23. The SMILES string of the molecule is ON=C(Cl)CF. The molecular weight excluding hydrogens is 108 g/mol. The van der Waals surface area contributed by atoms with Gasteiger partial charge in [-0.2, -0.15) is 0 Å². The third-order valence-electron chi connectivity index (χ3n) is 0.219. The molecule has 0 aromatic rings. The Morgan fingerprint density at radius 3 is 2.50 bits per heavy atom. The molecular formula is C2H3ClFNO. The predicted molar refractivity (Wildman–Crippen MR) is 21.0 cm³/mol. The highest BCUT2D eigenvalue weighted by molar-refractivity contribution is 6.65. The van der Waals surface area contributed by atoms with E-state index in [0.29, 0.717) is 0 Å². The average Bonchev–Trinajstić information content (AvgIpc) is 1.65. The van der Waals surface area contributed by atoms with E-state index in [1.165, 1.54) is 0 Å². The van der Waals surface area contributed by atoms with Crippen LogP contribution in [0.15, 0.2) is 5.16 Å². The van der Waals surface area contributed by atoms with Gasteiger partial charge in [-0.1, -0.05) is 16.8 Å². The standard InChI is InChI=1S/C2H3ClFNO/c3-2(1-4)5-6/h6H,1H2. The van der Waals surface area contributed by atoms with Gasteiger partial charge in [0.25, 0.3) is 0 Å². The van der Waals surface area contributed by atoms with Crippen LogP contribution in [0.25, 0.3) is 0 Å². The molecule has 0 amide bonds. The Bertz CT molecular complexity index is 64.6. The highest BCUT2D eigenvalue weighted by Gasteiger charge is 1.85. The highest BCUT2D eigenvalue weighted by atomic mass is 35.5. The zero-order valence-electron chi connectivity index (χ0n) is 2.86. The molecule has 6 heavy (non-hydrogen) atoms. The van der Waals surface area contributed by atoms with Crippen molar-refractivity contribution in [3.63, 3.8) is 0 Å². The molecule has 2 nitrogen and oxygen atoms in total. The molecule has 1 N–H and O–H groups in total. The summed E-state index contributed by atoms with van der Waals surface area (Å²) in [5, 5.41) is 9.44. The topological polar surface area (TPSA) is 32.6 Å². The first-order chi connectivity index (χ1) is 2.81. The summed E-state index contributed by atoms with van der Waals surface area (Å²) in [7, 11) is 0. The molecule has 0 radical (unpaired) electrons. The maximum absolute atomic E-state index is 11.0. The molecule has 0 aromatic heterocycles. The summed E-state index contributed by atoms with van der Waals surface area (Å²) in [6.45, 7) is -0.905. The quantitative estimate of drug-likeness (QED) is 0.305. The van der Waals surface area contributed by atoms with Crippen LogP contribution < -0.4 is 0 Å². The van der Waals surface area contributed by atoms with E-state index in [4.69, 9.17) is 16.8 Å². The lowest BCUT2D eigenvalue weighted by molar-refractivity contribution is 0.317. The molecule has 0 aromatic carbocycles. The van der Waals surface area contributed by atoms with E-state index in [2.05, 4.69) is 5.16 Å². The molecule has 0 heterocycles. The second-order valence-electron chi connectivity index (χ2n) is 0.610. The third kappa shape index (κ3) is 1.96. The van der Waals surface area contributed by atoms with Gasteiger partial charge in [0.05, 0.1) is 0 Å². The minimum absolute atomic E-state index is 0.421. The van der Waals surface area contributed by atoms with E-state index in [9.17, 15) is 4.39 Å². The number of hydrogen-bond acceptors (Lipinski definition) is 2. The summed E-state index contributed by atoms with van der Waals surface area (Å²) in [6.07, 6.45) is 0. The first-order valence-corrected chi connectivity index (χ1v) is 1.61. The van der Waals surface area contributed by atoms with Gasteiger partial charge in [0.1, 0.15) is 6.67 Å². The van der Waals surface area contributed by atoms with Gasteiger partial charge in [-0.05, 0) is 0 Å². The van der Waals surface area contributed by atoms with Crippen LogP contribution in [0.2, 0.25) is 0 Å². The average molecular weight is 112 g/mol. The van der Waals surface area contributed by atoms with E-state index in [1.54, 1.807) is 0 Å². The summed E-state index contributed by atoms with van der Waals surface area (Å²) >= 11 is 4.77. The van der Waals surface area contributed by atoms with Crippen LogP contribution in [0, 0.1) is 0 Å². The summed E-state index contributed by atoms with van der Waals surface area (Å²) < 4.78 is 11.0. The fourth-order valence-electron chi connectivity index (χ4n) is 0.0267. The van der Waals surface area contributed by atoms with Crippen molar-refractivity contribution in [2.45, 2.75) is 0 Å². The largest absolute Gasteiger partial charge is 0.410 e. The van der Waals surface area contributed by atoms with Gasteiger partial charge in [-0.25, -0.2) is 4.39 Å². The molecule has 0 saturated heterocycles. The molecule has 0 rings (SSSR count). The second kappa shape index (κ2) is 2.90. The van der Waals surface area contributed by atoms with Crippen molar-refractivity contribution in [1.82, 2.24) is 0 Å². The molecule has 0 fully saturated rings. The number of hydrogen-bond donors (Lipinski definition) is 1. The lowest BCUT2D eigenvalue weighted by Crippen LogP contribution is -1.85. The van der Waals surface area contributed by atoms with Crippen molar-refractivity contribution in [2.75, 3.05) is 6.67 Å². The molecule has 36 valence electrons. The van der Waals surface area contributed by atoms with Crippen molar-refractivity contribution < 1.29 is 9.60 Å². The number of nitrogens with zero attached hydrogens (tertiary/aromatic N) is 1. The Labute approximate surface area is 39.2 Å². The molecule has 4 heteroatoms. The van der Waals surface area contributed by atoms with E-state index in [1.807, 2.05) is 0 Å². The van der Waals surface area contributed by atoms with Gasteiger partial charge in [0.15, 0.2) is 5.17 Å². The van der Waals surface area contributed by atoms with Gasteiger partial charge < -0.3 is 5.21 Å². The molecule has 0 saturated carbocycles. The zero-order chi connectivity index (χ0) is 4.99. The minimum atomic E-state index is -0.905. The van der Waals surface area contributed by atoms with Gasteiger partial charge in [-0.3, -0.25) is 0 Å². The van der Waals surface area contributed by atoms with Crippen molar-refractivity contribution in [3.8, 4) is 0 Å². The van der Waals surface area contributed by atoms with Crippen LogP contribution in [-0.4, -0.2) is 17.1 Å². The molecule has 0 aliphatic carbocycles. The van der Waals surface area contributed by atoms with E-state index < -0.39 is 11.8 Å².